The molecule has 0 heterocycles. The molecule has 1 saturated carbocycles. The third kappa shape index (κ3) is 3.90. The fourth-order valence-corrected chi connectivity index (χ4v) is 2.53. The molecule has 6 nitrogen and oxygen atoms in total. The number of carboxylic acids is 1. The topological polar surface area (TPSA) is 84.9 Å². The number of carboxylic acid groups (broad SMARTS) is 1. The largest absolute Gasteiger partial charge is 0.493 e. The number of aromatic carboxylic acids is 1. The van der Waals surface area contributed by atoms with Crippen molar-refractivity contribution in [2.75, 3.05) is 7.11 Å². The van der Waals surface area contributed by atoms with Crippen LogP contribution in [-0.2, 0) is 4.79 Å². The number of benzene rings is 1. The van der Waals surface area contributed by atoms with Gasteiger partial charge >= 0.3 is 5.97 Å². The normalized spacial score (nSPS) is 16.1. The fourth-order valence-electron chi connectivity index (χ4n) is 2.53. The molecule has 1 aliphatic rings. The van der Waals surface area contributed by atoms with Crippen molar-refractivity contribution < 1.29 is 24.2 Å². The van der Waals surface area contributed by atoms with Gasteiger partial charge in [0, 0.05) is 6.04 Å². The zero-order valence-corrected chi connectivity index (χ0v) is 12.8. The summed E-state index contributed by atoms with van der Waals surface area (Å²) in [6.07, 6.45) is 3.63. The first-order valence-corrected chi connectivity index (χ1v) is 7.39. The molecule has 1 fully saturated rings. The Labute approximate surface area is 129 Å². The van der Waals surface area contributed by atoms with Gasteiger partial charge in [0.05, 0.1) is 12.7 Å². The van der Waals surface area contributed by atoms with E-state index in [1.54, 1.807) is 6.92 Å². The number of hydrogen-bond acceptors (Lipinski definition) is 4. The van der Waals surface area contributed by atoms with Crippen molar-refractivity contribution in [3.05, 3.63) is 23.8 Å². The van der Waals surface area contributed by atoms with Crippen LogP contribution in [0.2, 0.25) is 0 Å². The lowest BCUT2D eigenvalue weighted by atomic mass is 10.2. The third-order valence-corrected chi connectivity index (χ3v) is 3.79. The van der Waals surface area contributed by atoms with Crippen LogP contribution in [0.15, 0.2) is 18.2 Å². The van der Waals surface area contributed by atoms with E-state index in [-0.39, 0.29) is 17.5 Å². The molecule has 2 N–H and O–H groups in total. The second-order valence-electron chi connectivity index (χ2n) is 5.42. The van der Waals surface area contributed by atoms with Gasteiger partial charge in [-0.3, -0.25) is 4.79 Å². The maximum Gasteiger partial charge on any atom is 0.335 e. The number of nitrogens with one attached hydrogen (secondary N) is 1. The highest BCUT2D eigenvalue weighted by Gasteiger charge is 2.22. The van der Waals surface area contributed by atoms with Crippen molar-refractivity contribution in [3.8, 4) is 11.5 Å². The van der Waals surface area contributed by atoms with E-state index in [1.807, 2.05) is 0 Å². The Morgan fingerprint density at radius 1 is 1.27 bits per heavy atom. The highest BCUT2D eigenvalue weighted by atomic mass is 16.5. The van der Waals surface area contributed by atoms with E-state index < -0.39 is 12.1 Å². The molecule has 0 radical (unpaired) electrons. The molecule has 1 atom stereocenters. The molecule has 0 aliphatic heterocycles. The summed E-state index contributed by atoms with van der Waals surface area (Å²) in [7, 11) is 1.43. The number of hydrogen-bond donors (Lipinski definition) is 2. The van der Waals surface area contributed by atoms with Crippen LogP contribution < -0.4 is 14.8 Å². The Hall–Kier alpha value is -2.24. The molecule has 1 aromatic rings. The molecular formula is C16H21NO5. The lowest BCUT2D eigenvalue weighted by Gasteiger charge is -2.19. The number of carbonyl (C=O) groups is 2. The highest BCUT2D eigenvalue weighted by molar-refractivity contribution is 5.88. The van der Waals surface area contributed by atoms with E-state index in [2.05, 4.69) is 5.32 Å². The SMILES string of the molecule is COc1cc(C(=O)O)ccc1O[C@H](C)C(=O)NC1CCCC1. The van der Waals surface area contributed by atoms with E-state index in [4.69, 9.17) is 14.6 Å². The van der Waals surface area contributed by atoms with Crippen molar-refractivity contribution in [1.29, 1.82) is 0 Å². The summed E-state index contributed by atoms with van der Waals surface area (Å²) in [6, 6.07) is 4.53. The van der Waals surface area contributed by atoms with Gasteiger partial charge in [0.25, 0.3) is 5.91 Å². The molecule has 6 heteroatoms. The van der Waals surface area contributed by atoms with Crippen LogP contribution in [0.25, 0.3) is 0 Å². The van der Waals surface area contributed by atoms with Gasteiger partial charge in [0.15, 0.2) is 17.6 Å². The number of amides is 1. The van der Waals surface area contributed by atoms with E-state index in [0.29, 0.717) is 11.5 Å². The van der Waals surface area contributed by atoms with Crippen LogP contribution in [0, 0.1) is 0 Å². The summed E-state index contributed by atoms with van der Waals surface area (Å²) >= 11 is 0. The van der Waals surface area contributed by atoms with Crippen molar-refractivity contribution in [2.24, 2.45) is 0 Å². The van der Waals surface area contributed by atoms with Crippen molar-refractivity contribution >= 4 is 11.9 Å². The predicted molar refractivity (Wildman–Crippen MR) is 80.4 cm³/mol. The van der Waals surface area contributed by atoms with Crippen molar-refractivity contribution in [2.45, 2.75) is 44.8 Å². The molecule has 0 saturated heterocycles. The third-order valence-electron chi connectivity index (χ3n) is 3.79. The zero-order valence-electron chi connectivity index (χ0n) is 12.8. The number of rotatable bonds is 6. The van der Waals surface area contributed by atoms with Gasteiger partial charge in [-0.05, 0) is 38.0 Å². The van der Waals surface area contributed by atoms with Crippen molar-refractivity contribution in [1.82, 2.24) is 5.32 Å². The number of carbonyl (C=O) groups excluding carboxylic acids is 1. The molecule has 0 aromatic heterocycles. The summed E-state index contributed by atoms with van der Waals surface area (Å²) in [5, 5.41) is 11.9. The highest BCUT2D eigenvalue weighted by Crippen LogP contribution is 2.29. The summed E-state index contributed by atoms with van der Waals surface area (Å²) in [4.78, 5) is 23.1. The minimum atomic E-state index is -1.04. The lowest BCUT2D eigenvalue weighted by Crippen LogP contribution is -2.41. The maximum absolute atomic E-state index is 12.1. The lowest BCUT2D eigenvalue weighted by molar-refractivity contribution is -0.128. The summed E-state index contributed by atoms with van der Waals surface area (Å²) in [5.74, 6) is -0.574. The van der Waals surface area contributed by atoms with Gasteiger partial charge in [0.1, 0.15) is 0 Å². The predicted octanol–water partition coefficient (Wildman–Crippen LogP) is 2.22. The Bertz CT molecular complexity index is 551. The second kappa shape index (κ2) is 7.15. The van der Waals surface area contributed by atoms with Crippen LogP contribution in [0.3, 0.4) is 0 Å². The van der Waals surface area contributed by atoms with Gasteiger partial charge < -0.3 is 19.9 Å². The van der Waals surface area contributed by atoms with Gasteiger partial charge in [0.2, 0.25) is 0 Å². The first-order valence-electron chi connectivity index (χ1n) is 7.39. The first-order chi connectivity index (χ1) is 10.5. The summed E-state index contributed by atoms with van der Waals surface area (Å²) in [5.41, 5.74) is 0.104. The minimum absolute atomic E-state index is 0.104. The molecule has 1 aliphatic carbocycles. The molecule has 0 bridgehead atoms. The first kappa shape index (κ1) is 16.1. The smallest absolute Gasteiger partial charge is 0.335 e. The molecule has 1 amide bonds. The quantitative estimate of drug-likeness (QED) is 0.841. The molecule has 1 aromatic carbocycles. The standard InChI is InChI=1S/C16H21NO5/c1-10(15(18)17-12-5-3-4-6-12)22-13-8-7-11(16(19)20)9-14(13)21-2/h7-10,12H,3-6H2,1-2H3,(H,17,18)(H,19,20)/t10-/m1/s1. The zero-order chi connectivity index (χ0) is 16.1. The Balaban J connectivity index is 2.02. The Morgan fingerprint density at radius 2 is 1.95 bits per heavy atom. The molecular weight excluding hydrogens is 286 g/mol. The van der Waals surface area contributed by atoms with E-state index in [0.717, 1.165) is 25.7 Å². The molecule has 0 spiro atoms. The molecule has 2 rings (SSSR count). The Morgan fingerprint density at radius 3 is 2.55 bits per heavy atom. The van der Waals surface area contributed by atoms with Crippen LogP contribution >= 0.6 is 0 Å². The van der Waals surface area contributed by atoms with Gasteiger partial charge in [-0.2, -0.15) is 0 Å². The second-order valence-corrected chi connectivity index (χ2v) is 5.42. The van der Waals surface area contributed by atoms with E-state index >= 15 is 0 Å². The van der Waals surface area contributed by atoms with Crippen LogP contribution in [-0.4, -0.2) is 36.2 Å². The average Bonchev–Trinajstić information content (AvgIpc) is 3.00. The molecule has 0 unspecified atom stereocenters. The summed E-state index contributed by atoms with van der Waals surface area (Å²) < 4.78 is 10.7. The van der Waals surface area contributed by atoms with E-state index in [1.165, 1.54) is 25.3 Å². The molecule has 22 heavy (non-hydrogen) atoms. The molecule has 120 valence electrons. The monoisotopic (exact) mass is 307 g/mol. The van der Waals surface area contributed by atoms with Gasteiger partial charge in [-0.1, -0.05) is 12.8 Å². The fraction of sp³-hybridized carbons (Fsp3) is 0.500. The minimum Gasteiger partial charge on any atom is -0.493 e. The summed E-state index contributed by atoms with van der Waals surface area (Å²) in [6.45, 7) is 1.66. The Kier molecular flexibility index (Phi) is 5.25. The van der Waals surface area contributed by atoms with E-state index in [9.17, 15) is 9.59 Å². The van der Waals surface area contributed by atoms with Crippen molar-refractivity contribution in [3.63, 3.8) is 0 Å². The number of methoxy groups -OCH3 is 1. The van der Waals surface area contributed by atoms with Gasteiger partial charge in [-0.15, -0.1) is 0 Å². The maximum atomic E-state index is 12.1. The van der Waals surface area contributed by atoms with Crippen LogP contribution in [0.1, 0.15) is 43.0 Å². The van der Waals surface area contributed by atoms with Crippen LogP contribution in [0.5, 0.6) is 11.5 Å². The number of ether oxygens (including phenoxy) is 2. The van der Waals surface area contributed by atoms with Crippen LogP contribution in [0.4, 0.5) is 0 Å². The van der Waals surface area contributed by atoms with Gasteiger partial charge in [-0.25, -0.2) is 4.79 Å². The average molecular weight is 307 g/mol.